The lowest BCUT2D eigenvalue weighted by atomic mass is 10.0. The van der Waals surface area contributed by atoms with Gasteiger partial charge in [0, 0.05) is 23.9 Å². The van der Waals surface area contributed by atoms with E-state index in [9.17, 15) is 9.59 Å². The molecule has 0 saturated carbocycles. The Bertz CT molecular complexity index is 708. The number of hydrogen-bond acceptors (Lipinski definition) is 4. The van der Waals surface area contributed by atoms with Crippen molar-refractivity contribution < 1.29 is 14.7 Å². The third-order valence-electron chi connectivity index (χ3n) is 3.44. The van der Waals surface area contributed by atoms with Crippen molar-refractivity contribution in [3.8, 4) is 0 Å². The number of benzene rings is 2. The number of ketones is 1. The van der Waals surface area contributed by atoms with Crippen molar-refractivity contribution in [2.24, 2.45) is 0 Å². The van der Waals surface area contributed by atoms with Gasteiger partial charge in [-0.15, -0.1) is 0 Å². The number of aromatic carboxylic acids is 1. The van der Waals surface area contributed by atoms with Crippen molar-refractivity contribution >= 4 is 17.4 Å². The van der Waals surface area contributed by atoms with Crippen LogP contribution in [0.4, 0.5) is 5.69 Å². The van der Waals surface area contributed by atoms with Gasteiger partial charge in [-0.05, 0) is 38.4 Å². The fourth-order valence-corrected chi connectivity index (χ4v) is 2.32. The lowest BCUT2D eigenvalue weighted by molar-refractivity contribution is 0.0696. The first kappa shape index (κ1) is 16.7. The molecule has 0 aliphatic heterocycles. The molecule has 0 saturated heterocycles. The maximum Gasteiger partial charge on any atom is 0.335 e. The predicted molar refractivity (Wildman–Crippen MR) is 90.2 cm³/mol. The number of nitrogens with zero attached hydrogens (tertiary/aromatic N) is 2. The fraction of sp³-hybridized carbons (Fsp3) is 0.222. The minimum absolute atomic E-state index is 0.123. The summed E-state index contributed by atoms with van der Waals surface area (Å²) in [5, 5.41) is 8.91. The monoisotopic (exact) mass is 312 g/mol. The average molecular weight is 312 g/mol. The minimum atomic E-state index is -1.00. The van der Waals surface area contributed by atoms with Crippen molar-refractivity contribution in [2.45, 2.75) is 0 Å². The SMILES string of the molecule is CN(C)CN(C)c1cccc(C(=O)c2ccc(C(=O)O)cc2)c1. The second-order valence-electron chi connectivity index (χ2n) is 5.68. The van der Waals surface area contributed by atoms with E-state index in [0.29, 0.717) is 11.1 Å². The van der Waals surface area contributed by atoms with E-state index in [2.05, 4.69) is 0 Å². The second kappa shape index (κ2) is 7.07. The molecule has 0 heterocycles. The molecule has 2 rings (SSSR count). The molecule has 120 valence electrons. The number of rotatable bonds is 6. The molecule has 0 bridgehead atoms. The standard InChI is InChI=1S/C18H20N2O3/c1-19(2)12-20(3)16-6-4-5-15(11-16)17(21)13-7-9-14(10-8-13)18(22)23/h4-11H,12H2,1-3H3,(H,22,23). The van der Waals surface area contributed by atoms with E-state index in [0.717, 1.165) is 12.4 Å². The van der Waals surface area contributed by atoms with E-state index in [-0.39, 0.29) is 11.3 Å². The normalized spacial score (nSPS) is 10.6. The minimum Gasteiger partial charge on any atom is -0.478 e. The molecular weight excluding hydrogens is 292 g/mol. The van der Waals surface area contributed by atoms with Gasteiger partial charge in [0.25, 0.3) is 0 Å². The Kier molecular flexibility index (Phi) is 5.13. The first-order chi connectivity index (χ1) is 10.9. The summed E-state index contributed by atoms with van der Waals surface area (Å²) in [7, 11) is 5.93. The first-order valence-corrected chi connectivity index (χ1v) is 7.22. The summed E-state index contributed by atoms with van der Waals surface area (Å²) in [6.07, 6.45) is 0. The Morgan fingerprint density at radius 3 is 2.09 bits per heavy atom. The highest BCUT2D eigenvalue weighted by Crippen LogP contribution is 2.18. The van der Waals surface area contributed by atoms with Gasteiger partial charge >= 0.3 is 5.97 Å². The lowest BCUT2D eigenvalue weighted by Crippen LogP contribution is -2.30. The maximum atomic E-state index is 12.5. The van der Waals surface area contributed by atoms with Gasteiger partial charge in [0.2, 0.25) is 0 Å². The van der Waals surface area contributed by atoms with Crippen LogP contribution in [-0.2, 0) is 0 Å². The zero-order chi connectivity index (χ0) is 17.0. The molecule has 0 amide bonds. The molecule has 5 nitrogen and oxygen atoms in total. The van der Waals surface area contributed by atoms with E-state index in [1.807, 2.05) is 49.1 Å². The number of carbonyl (C=O) groups excluding carboxylic acids is 1. The van der Waals surface area contributed by atoms with E-state index >= 15 is 0 Å². The number of hydrogen-bond donors (Lipinski definition) is 1. The Morgan fingerprint density at radius 2 is 1.52 bits per heavy atom. The van der Waals surface area contributed by atoms with Gasteiger partial charge in [0.15, 0.2) is 5.78 Å². The first-order valence-electron chi connectivity index (χ1n) is 7.22. The summed E-state index contributed by atoms with van der Waals surface area (Å²) in [6, 6.07) is 13.4. The van der Waals surface area contributed by atoms with Crippen LogP contribution in [0, 0.1) is 0 Å². The highest BCUT2D eigenvalue weighted by atomic mass is 16.4. The van der Waals surface area contributed by atoms with Crippen molar-refractivity contribution in [1.82, 2.24) is 4.90 Å². The third kappa shape index (κ3) is 4.17. The van der Waals surface area contributed by atoms with Crippen molar-refractivity contribution in [2.75, 3.05) is 32.7 Å². The highest BCUT2D eigenvalue weighted by Gasteiger charge is 2.12. The molecule has 0 aliphatic rings. The molecule has 1 N–H and O–H groups in total. The lowest BCUT2D eigenvalue weighted by Gasteiger charge is -2.23. The zero-order valence-electron chi connectivity index (χ0n) is 13.5. The van der Waals surface area contributed by atoms with Crippen LogP contribution in [0.5, 0.6) is 0 Å². The van der Waals surface area contributed by atoms with Crippen molar-refractivity contribution in [3.63, 3.8) is 0 Å². The van der Waals surface area contributed by atoms with Crippen LogP contribution in [0.1, 0.15) is 26.3 Å². The summed E-state index contributed by atoms with van der Waals surface area (Å²) in [5.41, 5.74) is 2.17. The van der Waals surface area contributed by atoms with Crippen LogP contribution in [-0.4, -0.2) is 49.6 Å². The summed E-state index contributed by atoms with van der Waals surface area (Å²) >= 11 is 0. The Balaban J connectivity index is 2.24. The van der Waals surface area contributed by atoms with E-state index in [1.165, 1.54) is 12.1 Å². The highest BCUT2D eigenvalue weighted by molar-refractivity contribution is 6.09. The summed E-state index contributed by atoms with van der Waals surface area (Å²) in [4.78, 5) is 27.5. The van der Waals surface area contributed by atoms with Gasteiger partial charge in [-0.25, -0.2) is 4.79 Å². The molecule has 5 heteroatoms. The Hall–Kier alpha value is -2.66. The van der Waals surface area contributed by atoms with E-state index in [1.54, 1.807) is 18.2 Å². The molecule has 0 radical (unpaired) electrons. The zero-order valence-corrected chi connectivity index (χ0v) is 13.5. The average Bonchev–Trinajstić information content (AvgIpc) is 2.53. The molecule has 0 atom stereocenters. The number of carboxylic acid groups (broad SMARTS) is 1. The molecule has 0 fully saturated rings. The van der Waals surface area contributed by atoms with Crippen LogP contribution >= 0.6 is 0 Å². The van der Waals surface area contributed by atoms with Gasteiger partial charge < -0.3 is 10.0 Å². The van der Waals surface area contributed by atoms with Gasteiger partial charge in [0.05, 0.1) is 12.2 Å². The number of anilines is 1. The van der Waals surface area contributed by atoms with Gasteiger partial charge in [-0.3, -0.25) is 9.69 Å². The van der Waals surface area contributed by atoms with Crippen LogP contribution in [0.3, 0.4) is 0 Å². The molecule has 0 aromatic heterocycles. The molecular formula is C18H20N2O3. The van der Waals surface area contributed by atoms with Gasteiger partial charge in [-0.2, -0.15) is 0 Å². The predicted octanol–water partition coefficient (Wildman–Crippen LogP) is 2.57. The molecule has 0 spiro atoms. The summed E-state index contributed by atoms with van der Waals surface area (Å²) in [5.74, 6) is -1.13. The second-order valence-corrected chi connectivity index (χ2v) is 5.68. The Morgan fingerprint density at radius 1 is 0.913 bits per heavy atom. The van der Waals surface area contributed by atoms with E-state index in [4.69, 9.17) is 5.11 Å². The molecule has 0 aliphatic carbocycles. The van der Waals surface area contributed by atoms with Crippen LogP contribution in [0.15, 0.2) is 48.5 Å². The fourth-order valence-electron chi connectivity index (χ4n) is 2.32. The van der Waals surface area contributed by atoms with E-state index < -0.39 is 5.97 Å². The maximum absolute atomic E-state index is 12.5. The summed E-state index contributed by atoms with van der Waals surface area (Å²) in [6.45, 7) is 0.741. The largest absolute Gasteiger partial charge is 0.478 e. The number of carbonyl (C=O) groups is 2. The van der Waals surface area contributed by atoms with Crippen LogP contribution in [0.2, 0.25) is 0 Å². The van der Waals surface area contributed by atoms with Gasteiger partial charge in [-0.1, -0.05) is 24.3 Å². The molecule has 2 aromatic rings. The smallest absolute Gasteiger partial charge is 0.335 e. The molecule has 0 unspecified atom stereocenters. The van der Waals surface area contributed by atoms with Crippen molar-refractivity contribution in [1.29, 1.82) is 0 Å². The Labute approximate surface area is 135 Å². The van der Waals surface area contributed by atoms with Gasteiger partial charge in [0.1, 0.15) is 0 Å². The topological polar surface area (TPSA) is 60.9 Å². The van der Waals surface area contributed by atoms with Crippen LogP contribution < -0.4 is 4.90 Å². The van der Waals surface area contributed by atoms with Crippen LogP contribution in [0.25, 0.3) is 0 Å². The van der Waals surface area contributed by atoms with Crippen molar-refractivity contribution in [3.05, 3.63) is 65.2 Å². The third-order valence-corrected chi connectivity index (χ3v) is 3.44. The quantitative estimate of drug-likeness (QED) is 0.656. The number of carboxylic acids is 1. The molecule has 2 aromatic carbocycles. The molecule has 23 heavy (non-hydrogen) atoms. The summed E-state index contributed by atoms with van der Waals surface area (Å²) < 4.78 is 0.